The number of hydrogen-bond donors (Lipinski definition) is 2. The SMILES string of the molecule is CC(=O)N1CCC(n2c(Nc3c(F)cc(F)cc3F)nc3cnc(NC4CCCCC4)nc32)C1. The molecule has 1 aliphatic heterocycles. The van der Waals surface area contributed by atoms with Crippen molar-refractivity contribution in [3.05, 3.63) is 35.8 Å². The van der Waals surface area contributed by atoms with E-state index in [1.54, 1.807) is 15.7 Å². The van der Waals surface area contributed by atoms with Crippen molar-refractivity contribution in [2.45, 2.75) is 57.5 Å². The van der Waals surface area contributed by atoms with Crippen LogP contribution in [-0.2, 0) is 4.79 Å². The summed E-state index contributed by atoms with van der Waals surface area (Å²) < 4.78 is 43.9. The molecule has 1 saturated heterocycles. The number of amides is 1. The lowest BCUT2D eigenvalue weighted by Crippen LogP contribution is -2.26. The predicted molar refractivity (Wildman–Crippen MR) is 121 cm³/mol. The van der Waals surface area contributed by atoms with E-state index in [0.717, 1.165) is 25.7 Å². The largest absolute Gasteiger partial charge is 0.351 e. The number of carbonyl (C=O) groups excluding carboxylic acids is 1. The molecule has 1 aliphatic carbocycles. The third-order valence-electron chi connectivity index (χ3n) is 6.59. The lowest BCUT2D eigenvalue weighted by molar-refractivity contribution is -0.127. The lowest BCUT2D eigenvalue weighted by atomic mass is 9.96. The molecule has 1 amide bonds. The molecule has 1 atom stereocenters. The molecule has 1 aromatic carbocycles. The smallest absolute Gasteiger partial charge is 0.224 e. The van der Waals surface area contributed by atoms with E-state index >= 15 is 0 Å². The minimum absolute atomic E-state index is 0.0497. The van der Waals surface area contributed by atoms with Crippen LogP contribution in [0.1, 0.15) is 51.5 Å². The monoisotopic (exact) mass is 473 g/mol. The Labute approximate surface area is 194 Å². The fraction of sp³-hybridized carbons (Fsp3) is 0.478. The van der Waals surface area contributed by atoms with E-state index in [4.69, 9.17) is 4.98 Å². The minimum Gasteiger partial charge on any atom is -0.351 e. The quantitative estimate of drug-likeness (QED) is 0.566. The lowest BCUT2D eigenvalue weighted by Gasteiger charge is -2.22. The Kier molecular flexibility index (Phi) is 6.01. The summed E-state index contributed by atoms with van der Waals surface area (Å²) >= 11 is 0. The Bertz CT molecular complexity index is 1200. The molecule has 0 spiro atoms. The maximum absolute atomic E-state index is 14.4. The van der Waals surface area contributed by atoms with Crippen LogP contribution in [0.3, 0.4) is 0 Å². The van der Waals surface area contributed by atoms with E-state index in [2.05, 4.69) is 20.6 Å². The van der Waals surface area contributed by atoms with E-state index in [-0.39, 0.29) is 17.9 Å². The number of nitrogens with zero attached hydrogens (tertiary/aromatic N) is 5. The number of aromatic nitrogens is 4. The van der Waals surface area contributed by atoms with Gasteiger partial charge in [0.15, 0.2) is 17.3 Å². The van der Waals surface area contributed by atoms with E-state index in [0.29, 0.717) is 54.8 Å². The van der Waals surface area contributed by atoms with Crippen LogP contribution in [0.4, 0.5) is 30.8 Å². The van der Waals surface area contributed by atoms with Gasteiger partial charge in [0.05, 0.1) is 12.2 Å². The van der Waals surface area contributed by atoms with Gasteiger partial charge in [0.2, 0.25) is 17.8 Å². The molecule has 1 saturated carbocycles. The van der Waals surface area contributed by atoms with Crippen molar-refractivity contribution >= 4 is 34.7 Å². The topological polar surface area (TPSA) is 88.0 Å². The van der Waals surface area contributed by atoms with E-state index in [1.807, 2.05) is 0 Å². The van der Waals surface area contributed by atoms with Gasteiger partial charge in [0.25, 0.3) is 0 Å². The summed E-state index contributed by atoms with van der Waals surface area (Å²) in [6, 6.07) is 1.30. The summed E-state index contributed by atoms with van der Waals surface area (Å²) in [6.45, 7) is 2.47. The van der Waals surface area contributed by atoms with Crippen molar-refractivity contribution in [1.82, 2.24) is 24.4 Å². The van der Waals surface area contributed by atoms with Gasteiger partial charge in [-0.3, -0.25) is 9.36 Å². The first-order chi connectivity index (χ1) is 16.4. The molecular weight excluding hydrogens is 447 g/mol. The van der Waals surface area contributed by atoms with Crippen LogP contribution in [0, 0.1) is 17.5 Å². The molecule has 11 heteroatoms. The number of anilines is 3. The van der Waals surface area contributed by atoms with E-state index < -0.39 is 23.1 Å². The van der Waals surface area contributed by atoms with Crippen molar-refractivity contribution in [2.75, 3.05) is 23.7 Å². The van der Waals surface area contributed by atoms with Crippen LogP contribution in [0.2, 0.25) is 0 Å². The third-order valence-corrected chi connectivity index (χ3v) is 6.59. The Balaban J connectivity index is 1.54. The van der Waals surface area contributed by atoms with Crippen LogP contribution in [0.5, 0.6) is 0 Å². The second-order valence-electron chi connectivity index (χ2n) is 8.96. The highest BCUT2D eigenvalue weighted by Gasteiger charge is 2.30. The number of carbonyl (C=O) groups is 1. The normalized spacial score (nSPS) is 19.1. The molecule has 2 N–H and O–H groups in total. The minimum atomic E-state index is -1.07. The molecule has 1 unspecified atom stereocenters. The molecule has 2 aromatic heterocycles. The van der Waals surface area contributed by atoms with Crippen molar-refractivity contribution in [3.8, 4) is 0 Å². The number of fused-ring (bicyclic) bond motifs is 1. The molecule has 180 valence electrons. The first kappa shape index (κ1) is 22.4. The van der Waals surface area contributed by atoms with Gasteiger partial charge >= 0.3 is 0 Å². The van der Waals surface area contributed by atoms with Crippen LogP contribution in [0.15, 0.2) is 18.3 Å². The Hall–Kier alpha value is -3.37. The molecule has 2 fully saturated rings. The fourth-order valence-corrected chi connectivity index (χ4v) is 4.84. The highest BCUT2D eigenvalue weighted by molar-refractivity contribution is 5.77. The van der Waals surface area contributed by atoms with Gasteiger partial charge in [-0.15, -0.1) is 0 Å². The molecule has 2 aliphatic rings. The Morgan fingerprint density at radius 1 is 1.06 bits per heavy atom. The second-order valence-corrected chi connectivity index (χ2v) is 8.96. The Morgan fingerprint density at radius 3 is 2.47 bits per heavy atom. The van der Waals surface area contributed by atoms with Gasteiger partial charge in [-0.25, -0.2) is 23.1 Å². The third kappa shape index (κ3) is 4.38. The average Bonchev–Trinajstić information content (AvgIpc) is 3.41. The predicted octanol–water partition coefficient (Wildman–Crippen LogP) is 4.53. The van der Waals surface area contributed by atoms with Gasteiger partial charge in [-0.05, 0) is 19.3 Å². The molecular formula is C23H26F3N7O. The van der Waals surface area contributed by atoms with Crippen LogP contribution >= 0.6 is 0 Å². The summed E-state index contributed by atoms with van der Waals surface area (Å²) in [5.41, 5.74) is 0.433. The number of hydrogen-bond acceptors (Lipinski definition) is 6. The zero-order chi connectivity index (χ0) is 23.8. The average molecular weight is 474 g/mol. The highest BCUT2D eigenvalue weighted by atomic mass is 19.1. The zero-order valence-electron chi connectivity index (χ0n) is 18.8. The Morgan fingerprint density at radius 2 is 1.79 bits per heavy atom. The maximum Gasteiger partial charge on any atom is 0.224 e. The molecule has 5 rings (SSSR count). The van der Waals surface area contributed by atoms with Crippen LogP contribution < -0.4 is 10.6 Å². The van der Waals surface area contributed by atoms with Crippen molar-refractivity contribution < 1.29 is 18.0 Å². The van der Waals surface area contributed by atoms with Crippen LogP contribution in [0.25, 0.3) is 11.2 Å². The number of halogens is 3. The molecule has 0 radical (unpaired) electrons. The van der Waals surface area contributed by atoms with Gasteiger partial charge in [0, 0.05) is 38.2 Å². The van der Waals surface area contributed by atoms with Gasteiger partial charge in [-0.2, -0.15) is 4.98 Å². The molecule has 8 nitrogen and oxygen atoms in total. The summed E-state index contributed by atoms with van der Waals surface area (Å²) in [4.78, 5) is 27.2. The summed E-state index contributed by atoms with van der Waals surface area (Å²) in [5.74, 6) is -2.58. The molecule has 3 aromatic rings. The number of rotatable bonds is 5. The van der Waals surface area contributed by atoms with Gasteiger partial charge in [0.1, 0.15) is 17.0 Å². The second kappa shape index (κ2) is 9.11. The van der Waals surface area contributed by atoms with E-state index in [1.165, 1.54) is 13.3 Å². The van der Waals surface area contributed by atoms with E-state index in [9.17, 15) is 18.0 Å². The van der Waals surface area contributed by atoms with Crippen molar-refractivity contribution in [3.63, 3.8) is 0 Å². The number of nitrogens with one attached hydrogen (secondary N) is 2. The molecule has 34 heavy (non-hydrogen) atoms. The van der Waals surface area contributed by atoms with Crippen molar-refractivity contribution in [1.29, 1.82) is 0 Å². The van der Waals surface area contributed by atoms with Gasteiger partial charge in [-0.1, -0.05) is 19.3 Å². The maximum atomic E-state index is 14.4. The fourth-order valence-electron chi connectivity index (χ4n) is 4.84. The first-order valence-corrected chi connectivity index (χ1v) is 11.6. The summed E-state index contributed by atoms with van der Waals surface area (Å²) in [6.07, 6.45) is 7.84. The number of benzene rings is 1. The van der Waals surface area contributed by atoms with Crippen molar-refractivity contribution in [2.24, 2.45) is 0 Å². The molecule has 3 heterocycles. The highest BCUT2D eigenvalue weighted by Crippen LogP contribution is 2.33. The summed E-state index contributed by atoms with van der Waals surface area (Å²) in [5, 5.41) is 6.08. The van der Waals surface area contributed by atoms with Gasteiger partial charge < -0.3 is 15.5 Å². The number of likely N-dealkylation sites (tertiary alicyclic amines) is 1. The van der Waals surface area contributed by atoms with Crippen LogP contribution in [-0.4, -0.2) is 49.5 Å². The zero-order valence-corrected chi connectivity index (χ0v) is 18.8. The standard InChI is InChI=1S/C23H26F3N7O/c1-13(34)32-8-7-16(12-32)33-21-19(11-27-22(31-21)28-15-5-3-2-4-6-15)29-23(33)30-20-17(25)9-14(24)10-18(20)26/h9-11,15-16H,2-8,12H2,1H3,(H,29,30)(H,27,28,31). The first-order valence-electron chi connectivity index (χ1n) is 11.6. The summed E-state index contributed by atoms with van der Waals surface area (Å²) in [7, 11) is 0. The number of imidazole rings is 1. The molecule has 0 bridgehead atoms.